The average Bonchev–Trinajstić information content (AvgIpc) is 2.70. The molecule has 0 unspecified atom stereocenters. The van der Waals surface area contributed by atoms with Gasteiger partial charge in [0.1, 0.15) is 5.75 Å². The van der Waals surface area contributed by atoms with Crippen LogP contribution in [-0.2, 0) is 20.3 Å². The van der Waals surface area contributed by atoms with Crippen molar-refractivity contribution in [3.63, 3.8) is 0 Å². The highest BCUT2D eigenvalue weighted by Crippen LogP contribution is 2.28. The Labute approximate surface area is 120 Å². The number of sulfonamides is 1. The fourth-order valence-electron chi connectivity index (χ4n) is 1.25. The van der Waals surface area contributed by atoms with E-state index in [1.165, 1.54) is 32.3 Å². The number of nitrogens with zero attached hydrogens (tertiary/aromatic N) is 2. The van der Waals surface area contributed by atoms with Crippen LogP contribution in [0.25, 0.3) is 10.2 Å². The Morgan fingerprint density at radius 3 is 2.45 bits per heavy atom. The van der Waals surface area contributed by atoms with Crippen molar-refractivity contribution < 1.29 is 21.0 Å². The quantitative estimate of drug-likeness (QED) is 0.846. The average molecular weight is 337 g/mol. The molecule has 0 aliphatic heterocycles. The predicted octanol–water partition coefficient (Wildman–Crippen LogP) is 0.129. The summed E-state index contributed by atoms with van der Waals surface area (Å²) in [7, 11) is -5.09. The SMILES string of the molecule is CN(C)S(=O)(=O)Oc1ccc2nc(S(N)(=O)=O)sc2c1. The summed E-state index contributed by atoms with van der Waals surface area (Å²) in [4.78, 5) is 3.85. The number of aromatic nitrogens is 1. The number of nitrogens with two attached hydrogens (primary N) is 1. The van der Waals surface area contributed by atoms with Gasteiger partial charge in [0.25, 0.3) is 10.0 Å². The number of thiazole rings is 1. The summed E-state index contributed by atoms with van der Waals surface area (Å²) in [6.07, 6.45) is 0. The molecular weight excluding hydrogens is 326 g/mol. The van der Waals surface area contributed by atoms with Crippen LogP contribution >= 0.6 is 11.3 Å². The maximum absolute atomic E-state index is 11.6. The minimum Gasteiger partial charge on any atom is -0.371 e. The predicted molar refractivity (Wildman–Crippen MR) is 74.2 cm³/mol. The van der Waals surface area contributed by atoms with Gasteiger partial charge in [-0.2, -0.15) is 12.7 Å². The summed E-state index contributed by atoms with van der Waals surface area (Å²) < 4.78 is 51.5. The van der Waals surface area contributed by atoms with Gasteiger partial charge in [0, 0.05) is 20.2 Å². The van der Waals surface area contributed by atoms with E-state index in [0.717, 1.165) is 15.6 Å². The number of hydrogen-bond acceptors (Lipinski definition) is 7. The molecular formula is C9H11N3O5S3. The van der Waals surface area contributed by atoms with E-state index in [4.69, 9.17) is 9.32 Å². The number of rotatable bonds is 4. The summed E-state index contributed by atoms with van der Waals surface area (Å²) in [5, 5.41) is 4.99. The third-order valence-electron chi connectivity index (χ3n) is 2.23. The van der Waals surface area contributed by atoms with Gasteiger partial charge in [-0.15, -0.1) is 11.3 Å². The molecule has 0 aliphatic carbocycles. The molecule has 0 spiro atoms. The molecule has 1 aromatic carbocycles. The normalized spacial score (nSPS) is 13.0. The van der Waals surface area contributed by atoms with E-state index >= 15 is 0 Å². The Morgan fingerprint density at radius 1 is 1.25 bits per heavy atom. The van der Waals surface area contributed by atoms with Crippen LogP contribution in [0.2, 0.25) is 0 Å². The van der Waals surface area contributed by atoms with Gasteiger partial charge in [0.05, 0.1) is 10.2 Å². The van der Waals surface area contributed by atoms with Gasteiger partial charge in [-0.1, -0.05) is 0 Å². The maximum atomic E-state index is 11.6. The van der Waals surface area contributed by atoms with Gasteiger partial charge in [-0.3, -0.25) is 0 Å². The van der Waals surface area contributed by atoms with Gasteiger partial charge in [0.15, 0.2) is 0 Å². The Morgan fingerprint density at radius 2 is 1.90 bits per heavy atom. The lowest BCUT2D eigenvalue weighted by Gasteiger charge is -2.11. The Balaban J connectivity index is 2.45. The van der Waals surface area contributed by atoms with E-state index in [1.54, 1.807) is 0 Å². The lowest BCUT2D eigenvalue weighted by molar-refractivity contribution is 0.421. The minimum absolute atomic E-state index is 0.0656. The van der Waals surface area contributed by atoms with Crippen LogP contribution < -0.4 is 9.32 Å². The van der Waals surface area contributed by atoms with Crippen LogP contribution in [0.4, 0.5) is 0 Å². The molecule has 8 nitrogen and oxygen atoms in total. The van der Waals surface area contributed by atoms with E-state index in [9.17, 15) is 16.8 Å². The molecule has 0 bridgehead atoms. The maximum Gasteiger partial charge on any atom is 0.384 e. The molecule has 0 aliphatic rings. The smallest absolute Gasteiger partial charge is 0.371 e. The molecule has 1 aromatic heterocycles. The minimum atomic E-state index is -3.89. The third-order valence-corrected chi connectivity index (χ3v) is 5.87. The van der Waals surface area contributed by atoms with Gasteiger partial charge in [-0.05, 0) is 12.1 Å². The number of primary sulfonamides is 1. The molecule has 2 aromatic rings. The van der Waals surface area contributed by atoms with Gasteiger partial charge in [0.2, 0.25) is 4.34 Å². The van der Waals surface area contributed by atoms with Crippen LogP contribution in [0.15, 0.2) is 22.5 Å². The highest BCUT2D eigenvalue weighted by atomic mass is 32.2. The standard InChI is InChI=1S/C9H11N3O5S3/c1-12(2)20(15,16)17-6-3-4-7-8(5-6)18-9(11-7)19(10,13)14/h3-5H,1-2H3,(H2,10,13,14). The van der Waals surface area contributed by atoms with E-state index in [1.807, 2.05) is 0 Å². The molecule has 1 heterocycles. The van der Waals surface area contributed by atoms with Crippen molar-refractivity contribution in [1.82, 2.24) is 9.29 Å². The zero-order valence-electron chi connectivity index (χ0n) is 10.5. The molecule has 0 radical (unpaired) electrons. The van der Waals surface area contributed by atoms with Crippen LogP contribution in [0.5, 0.6) is 5.75 Å². The van der Waals surface area contributed by atoms with Crippen LogP contribution in [0, 0.1) is 0 Å². The van der Waals surface area contributed by atoms with Crippen LogP contribution in [0.1, 0.15) is 0 Å². The molecule has 0 fully saturated rings. The second-order valence-corrected chi connectivity index (χ2v) is 8.50. The molecule has 0 saturated carbocycles. The first-order chi connectivity index (χ1) is 9.09. The van der Waals surface area contributed by atoms with Crippen molar-refractivity contribution in [2.24, 2.45) is 5.14 Å². The summed E-state index contributed by atoms with van der Waals surface area (Å²) in [5.41, 5.74) is 0.397. The molecule has 0 saturated heterocycles. The summed E-state index contributed by atoms with van der Waals surface area (Å²) in [6, 6.07) is 4.24. The second kappa shape index (κ2) is 4.93. The molecule has 0 atom stereocenters. The van der Waals surface area contributed by atoms with Crippen molar-refractivity contribution >= 4 is 41.9 Å². The highest BCUT2D eigenvalue weighted by Gasteiger charge is 2.18. The Kier molecular flexibility index (Phi) is 3.73. The summed E-state index contributed by atoms with van der Waals surface area (Å²) in [6.45, 7) is 0. The van der Waals surface area contributed by atoms with E-state index in [-0.39, 0.29) is 10.1 Å². The van der Waals surface area contributed by atoms with Crippen molar-refractivity contribution in [1.29, 1.82) is 0 Å². The second-order valence-electron chi connectivity index (χ2n) is 3.98. The molecule has 2 N–H and O–H groups in total. The zero-order chi connectivity index (χ0) is 15.1. The zero-order valence-corrected chi connectivity index (χ0v) is 12.9. The Hall–Kier alpha value is -1.27. The van der Waals surface area contributed by atoms with Crippen molar-refractivity contribution in [2.75, 3.05) is 14.1 Å². The molecule has 11 heteroatoms. The largest absolute Gasteiger partial charge is 0.384 e. The van der Waals surface area contributed by atoms with Crippen molar-refractivity contribution in [3.8, 4) is 5.75 Å². The molecule has 20 heavy (non-hydrogen) atoms. The van der Waals surface area contributed by atoms with E-state index < -0.39 is 20.3 Å². The first kappa shape index (κ1) is 15.1. The van der Waals surface area contributed by atoms with Crippen LogP contribution in [0.3, 0.4) is 0 Å². The molecule has 0 amide bonds. The topological polar surface area (TPSA) is 120 Å². The Bertz CT molecular complexity index is 854. The highest BCUT2D eigenvalue weighted by molar-refractivity contribution is 7.91. The van der Waals surface area contributed by atoms with Gasteiger partial charge in [-0.25, -0.2) is 18.5 Å². The summed E-state index contributed by atoms with van der Waals surface area (Å²) in [5.74, 6) is 0.0656. The first-order valence-electron chi connectivity index (χ1n) is 5.15. The van der Waals surface area contributed by atoms with Crippen molar-refractivity contribution in [2.45, 2.75) is 4.34 Å². The van der Waals surface area contributed by atoms with Crippen LogP contribution in [-0.4, -0.2) is 40.2 Å². The fourth-order valence-corrected chi connectivity index (χ4v) is 3.43. The lowest BCUT2D eigenvalue weighted by atomic mass is 10.3. The monoisotopic (exact) mass is 337 g/mol. The number of benzene rings is 1. The van der Waals surface area contributed by atoms with E-state index in [0.29, 0.717) is 10.2 Å². The van der Waals surface area contributed by atoms with E-state index in [2.05, 4.69) is 4.98 Å². The van der Waals surface area contributed by atoms with Crippen molar-refractivity contribution in [3.05, 3.63) is 18.2 Å². The van der Waals surface area contributed by atoms with Gasteiger partial charge < -0.3 is 4.18 Å². The molecule has 2 rings (SSSR count). The third kappa shape index (κ3) is 3.07. The fraction of sp³-hybridized carbons (Fsp3) is 0.222. The molecule has 110 valence electrons. The van der Waals surface area contributed by atoms with Gasteiger partial charge >= 0.3 is 10.3 Å². The number of fused-ring (bicyclic) bond motifs is 1. The lowest BCUT2D eigenvalue weighted by Crippen LogP contribution is -2.26. The first-order valence-corrected chi connectivity index (χ1v) is 8.88. The summed E-state index contributed by atoms with van der Waals surface area (Å²) >= 11 is 0.840. The number of hydrogen-bond donors (Lipinski definition) is 1.